The van der Waals surface area contributed by atoms with Gasteiger partial charge in [0.15, 0.2) is 0 Å². The van der Waals surface area contributed by atoms with Crippen LogP contribution in [0.1, 0.15) is 34.6 Å². The number of carbonyl (C=O) groups excluding carboxylic acids is 1. The van der Waals surface area contributed by atoms with Gasteiger partial charge in [-0.15, -0.1) is 0 Å². The average molecular weight is 316 g/mol. The highest BCUT2D eigenvalue weighted by atomic mass is 32.1. The molecule has 2 aromatic rings. The lowest BCUT2D eigenvalue weighted by Crippen LogP contribution is -2.46. The van der Waals surface area contributed by atoms with Crippen LogP contribution in [0.5, 0.6) is 0 Å². The zero-order valence-corrected chi connectivity index (χ0v) is 13.5. The normalized spacial score (nSPS) is 15.7. The molecule has 3 rings (SSSR count). The van der Waals surface area contributed by atoms with Crippen LogP contribution in [-0.2, 0) is 6.54 Å². The van der Waals surface area contributed by atoms with Gasteiger partial charge in [-0.1, -0.05) is 6.07 Å². The average Bonchev–Trinajstić information content (AvgIpc) is 3.00. The number of aromatic nitrogens is 2. The fourth-order valence-electron chi connectivity index (χ4n) is 2.80. The predicted octanol–water partition coefficient (Wildman–Crippen LogP) is 2.24. The number of carbonyl (C=O) groups is 1. The van der Waals surface area contributed by atoms with E-state index in [1.165, 1.54) is 11.5 Å². The standard InChI is InChI=1S/C16H20N4OS/c1-12-15(11-22-19-12)16(21)20(14-5-8-17-9-6-14)10-13-4-2-3-7-18-13/h2-4,7,11,14,17H,5-6,8-10H2,1H3. The highest BCUT2D eigenvalue weighted by Crippen LogP contribution is 2.20. The van der Waals surface area contributed by atoms with Gasteiger partial charge >= 0.3 is 0 Å². The molecule has 0 bridgehead atoms. The molecular weight excluding hydrogens is 296 g/mol. The Bertz CT molecular complexity index is 622. The molecule has 1 aliphatic heterocycles. The zero-order valence-electron chi connectivity index (χ0n) is 12.7. The van der Waals surface area contributed by atoms with Crippen LogP contribution in [0, 0.1) is 6.92 Å². The van der Waals surface area contributed by atoms with Crippen molar-refractivity contribution in [3.63, 3.8) is 0 Å². The first-order valence-corrected chi connectivity index (χ1v) is 8.42. The van der Waals surface area contributed by atoms with E-state index < -0.39 is 0 Å². The maximum Gasteiger partial charge on any atom is 0.257 e. The first kappa shape index (κ1) is 15.1. The Morgan fingerprint density at radius 1 is 1.41 bits per heavy atom. The number of piperidine rings is 1. The summed E-state index contributed by atoms with van der Waals surface area (Å²) in [5.41, 5.74) is 2.46. The number of rotatable bonds is 4. The number of pyridine rings is 1. The number of hydrogen-bond donors (Lipinski definition) is 1. The van der Waals surface area contributed by atoms with Gasteiger partial charge in [0.1, 0.15) is 0 Å². The third-order valence-corrected chi connectivity index (χ3v) is 4.77. The summed E-state index contributed by atoms with van der Waals surface area (Å²) >= 11 is 1.34. The molecule has 0 unspecified atom stereocenters. The minimum absolute atomic E-state index is 0.0730. The maximum atomic E-state index is 13.0. The van der Waals surface area contributed by atoms with Crippen LogP contribution in [0.2, 0.25) is 0 Å². The van der Waals surface area contributed by atoms with Gasteiger partial charge in [-0.05, 0) is 56.5 Å². The van der Waals surface area contributed by atoms with E-state index in [-0.39, 0.29) is 11.9 Å². The summed E-state index contributed by atoms with van der Waals surface area (Å²) in [6, 6.07) is 6.09. The van der Waals surface area contributed by atoms with Crippen molar-refractivity contribution in [2.24, 2.45) is 0 Å². The summed E-state index contributed by atoms with van der Waals surface area (Å²) in [5, 5.41) is 5.21. The second-order valence-corrected chi connectivity index (χ2v) is 6.18. The molecule has 3 heterocycles. The largest absolute Gasteiger partial charge is 0.330 e. The molecule has 5 nitrogen and oxygen atoms in total. The van der Waals surface area contributed by atoms with E-state index in [1.807, 2.05) is 35.4 Å². The second-order valence-electron chi connectivity index (χ2n) is 5.55. The summed E-state index contributed by atoms with van der Waals surface area (Å²) < 4.78 is 4.24. The van der Waals surface area contributed by atoms with Gasteiger partial charge in [0.05, 0.1) is 23.5 Å². The van der Waals surface area contributed by atoms with E-state index in [2.05, 4.69) is 14.7 Å². The van der Waals surface area contributed by atoms with Crippen LogP contribution < -0.4 is 5.32 Å². The van der Waals surface area contributed by atoms with E-state index in [0.29, 0.717) is 6.54 Å². The highest BCUT2D eigenvalue weighted by Gasteiger charge is 2.28. The second kappa shape index (κ2) is 6.98. The molecule has 1 fully saturated rings. The van der Waals surface area contributed by atoms with Crippen molar-refractivity contribution in [2.45, 2.75) is 32.4 Å². The molecule has 1 saturated heterocycles. The molecule has 0 aromatic carbocycles. The Morgan fingerprint density at radius 2 is 2.23 bits per heavy atom. The minimum Gasteiger partial charge on any atom is -0.330 e. The molecule has 2 aromatic heterocycles. The van der Waals surface area contributed by atoms with Crippen LogP contribution in [-0.4, -0.2) is 39.3 Å². The van der Waals surface area contributed by atoms with Crippen LogP contribution in [0.4, 0.5) is 0 Å². The summed E-state index contributed by atoms with van der Waals surface area (Å²) in [5.74, 6) is 0.0730. The highest BCUT2D eigenvalue weighted by molar-refractivity contribution is 7.03. The van der Waals surface area contributed by atoms with Gasteiger partial charge in [-0.3, -0.25) is 9.78 Å². The van der Waals surface area contributed by atoms with Gasteiger partial charge in [0.25, 0.3) is 5.91 Å². The van der Waals surface area contributed by atoms with Crippen LogP contribution in [0.15, 0.2) is 29.8 Å². The molecule has 0 spiro atoms. The predicted molar refractivity (Wildman–Crippen MR) is 86.9 cm³/mol. The first-order valence-electron chi connectivity index (χ1n) is 7.58. The fourth-order valence-corrected chi connectivity index (χ4v) is 3.49. The van der Waals surface area contributed by atoms with Crippen molar-refractivity contribution in [2.75, 3.05) is 13.1 Å². The van der Waals surface area contributed by atoms with Crippen molar-refractivity contribution in [3.05, 3.63) is 46.7 Å². The topological polar surface area (TPSA) is 58.1 Å². The van der Waals surface area contributed by atoms with Gasteiger partial charge in [0, 0.05) is 17.6 Å². The van der Waals surface area contributed by atoms with E-state index >= 15 is 0 Å². The first-order chi connectivity index (χ1) is 10.8. The van der Waals surface area contributed by atoms with E-state index in [1.54, 1.807) is 6.20 Å². The van der Waals surface area contributed by atoms with Crippen molar-refractivity contribution in [1.82, 2.24) is 19.6 Å². The van der Waals surface area contributed by atoms with E-state index in [9.17, 15) is 4.79 Å². The Labute approximate surface area is 134 Å². The molecule has 0 atom stereocenters. The number of nitrogens with one attached hydrogen (secondary N) is 1. The van der Waals surface area contributed by atoms with Gasteiger partial charge < -0.3 is 10.2 Å². The SMILES string of the molecule is Cc1nscc1C(=O)N(Cc1ccccn1)C1CCNCC1. The monoisotopic (exact) mass is 316 g/mol. The molecule has 6 heteroatoms. The quantitative estimate of drug-likeness (QED) is 0.940. The summed E-state index contributed by atoms with van der Waals surface area (Å²) in [7, 11) is 0. The van der Waals surface area contributed by atoms with Crippen molar-refractivity contribution < 1.29 is 4.79 Å². The lowest BCUT2D eigenvalue weighted by atomic mass is 10.0. The number of amides is 1. The Kier molecular flexibility index (Phi) is 4.80. The lowest BCUT2D eigenvalue weighted by molar-refractivity contribution is 0.0619. The molecule has 1 aliphatic rings. The molecule has 0 radical (unpaired) electrons. The molecule has 116 valence electrons. The van der Waals surface area contributed by atoms with Crippen LogP contribution in [0.3, 0.4) is 0 Å². The van der Waals surface area contributed by atoms with Gasteiger partial charge in [-0.25, -0.2) is 0 Å². The van der Waals surface area contributed by atoms with Crippen molar-refractivity contribution in [3.8, 4) is 0 Å². The fraction of sp³-hybridized carbons (Fsp3) is 0.438. The number of aryl methyl sites for hydroxylation is 1. The summed E-state index contributed by atoms with van der Waals surface area (Å²) in [6.07, 6.45) is 3.74. The van der Waals surface area contributed by atoms with Gasteiger partial charge in [-0.2, -0.15) is 4.37 Å². The van der Waals surface area contributed by atoms with Crippen molar-refractivity contribution >= 4 is 17.4 Å². The number of nitrogens with zero attached hydrogens (tertiary/aromatic N) is 3. The molecule has 22 heavy (non-hydrogen) atoms. The Hall–Kier alpha value is -1.79. The van der Waals surface area contributed by atoms with Crippen molar-refractivity contribution in [1.29, 1.82) is 0 Å². The van der Waals surface area contributed by atoms with Gasteiger partial charge in [0.2, 0.25) is 0 Å². The summed E-state index contributed by atoms with van der Waals surface area (Å²) in [6.45, 7) is 4.36. The maximum absolute atomic E-state index is 13.0. The molecule has 1 amide bonds. The zero-order chi connectivity index (χ0) is 15.4. The Morgan fingerprint density at radius 3 is 2.86 bits per heavy atom. The molecule has 0 aliphatic carbocycles. The number of hydrogen-bond acceptors (Lipinski definition) is 5. The summed E-state index contributed by atoms with van der Waals surface area (Å²) in [4.78, 5) is 19.3. The van der Waals surface area contributed by atoms with E-state index in [0.717, 1.165) is 42.9 Å². The minimum atomic E-state index is 0.0730. The Balaban J connectivity index is 1.85. The lowest BCUT2D eigenvalue weighted by Gasteiger charge is -2.34. The van der Waals surface area contributed by atoms with Crippen LogP contribution >= 0.6 is 11.5 Å². The molecule has 1 N–H and O–H groups in total. The third kappa shape index (κ3) is 3.34. The van der Waals surface area contributed by atoms with Crippen LogP contribution in [0.25, 0.3) is 0 Å². The van der Waals surface area contributed by atoms with E-state index in [4.69, 9.17) is 0 Å². The molecular formula is C16H20N4OS. The molecule has 0 saturated carbocycles. The third-order valence-electron chi connectivity index (χ3n) is 4.05. The smallest absolute Gasteiger partial charge is 0.257 e.